The van der Waals surface area contributed by atoms with Gasteiger partial charge in [-0.25, -0.2) is 18.7 Å². The number of hydrogen-bond acceptors (Lipinski definition) is 3. The highest BCUT2D eigenvalue weighted by Gasteiger charge is 2.14. The maximum absolute atomic E-state index is 12.8. The van der Waals surface area contributed by atoms with E-state index in [2.05, 4.69) is 16.5 Å². The van der Waals surface area contributed by atoms with Gasteiger partial charge in [0.1, 0.15) is 0 Å². The predicted molar refractivity (Wildman–Crippen MR) is 76.8 cm³/mol. The van der Waals surface area contributed by atoms with Gasteiger partial charge in [-0.1, -0.05) is 18.7 Å². The molecule has 0 atom stereocenters. The minimum Gasteiger partial charge on any atom is -0.378 e. The smallest absolute Gasteiger partial charge is 0.297 e. The van der Waals surface area contributed by atoms with Crippen LogP contribution in [0.3, 0.4) is 0 Å². The molecule has 0 saturated carbocycles. The molecule has 0 unspecified atom stereocenters. The summed E-state index contributed by atoms with van der Waals surface area (Å²) < 4.78 is 25.6. The molecule has 0 bridgehead atoms. The van der Waals surface area contributed by atoms with Gasteiger partial charge in [0.2, 0.25) is 0 Å². The van der Waals surface area contributed by atoms with Crippen LogP contribution in [0.2, 0.25) is 0 Å². The first-order valence-corrected chi connectivity index (χ1v) is 6.08. The molecule has 1 aromatic heterocycles. The molecule has 0 fully saturated rings. The molecule has 1 heterocycles. The fourth-order valence-electron chi connectivity index (χ4n) is 1.78. The molecule has 0 spiro atoms. The van der Waals surface area contributed by atoms with E-state index in [1.54, 1.807) is 6.07 Å². The average molecular weight is 275 g/mol. The summed E-state index contributed by atoms with van der Waals surface area (Å²) >= 11 is 0. The zero-order valence-corrected chi connectivity index (χ0v) is 11.3. The third kappa shape index (κ3) is 2.99. The molecule has 0 radical (unpaired) electrons. The van der Waals surface area contributed by atoms with E-state index in [1.807, 2.05) is 43.3 Å². The third-order valence-electron chi connectivity index (χ3n) is 2.83. The molecule has 20 heavy (non-hydrogen) atoms. The molecule has 1 aromatic carbocycles. The van der Waals surface area contributed by atoms with Gasteiger partial charge in [0.05, 0.1) is 11.4 Å². The molecule has 0 saturated heterocycles. The Hall–Kier alpha value is -2.30. The number of nitrogens with zero attached hydrogens (tertiary/aromatic N) is 3. The number of aromatic nitrogens is 2. The molecule has 0 aliphatic rings. The van der Waals surface area contributed by atoms with Crippen molar-refractivity contribution in [3.05, 3.63) is 48.4 Å². The first-order valence-electron chi connectivity index (χ1n) is 6.08. The number of alkyl halides is 2. The lowest BCUT2D eigenvalue weighted by Crippen LogP contribution is -2.08. The first kappa shape index (κ1) is 14.1. The Kier molecular flexibility index (Phi) is 4.08. The van der Waals surface area contributed by atoms with E-state index in [0.29, 0.717) is 11.4 Å². The van der Waals surface area contributed by atoms with Crippen molar-refractivity contribution in [1.82, 2.24) is 9.97 Å². The standard InChI is InChI=1S/C15H15F2N3/c1-4-11-9-13(19-15(18-11)14(16)17)10-6-5-7-12(8-10)20(2)3/h4-9,14H,1H2,2-3H3. The van der Waals surface area contributed by atoms with Crippen LogP contribution in [0.4, 0.5) is 14.5 Å². The number of anilines is 1. The molecule has 2 rings (SSSR count). The minimum atomic E-state index is -2.70. The quantitative estimate of drug-likeness (QED) is 0.850. The fraction of sp³-hybridized carbons (Fsp3) is 0.200. The van der Waals surface area contributed by atoms with Crippen molar-refractivity contribution >= 4 is 11.8 Å². The van der Waals surface area contributed by atoms with Crippen molar-refractivity contribution in [3.8, 4) is 11.3 Å². The Morgan fingerprint density at radius 1 is 1.20 bits per heavy atom. The minimum absolute atomic E-state index is 0.389. The molecule has 2 aromatic rings. The van der Waals surface area contributed by atoms with Gasteiger partial charge >= 0.3 is 0 Å². The van der Waals surface area contributed by atoms with E-state index in [0.717, 1.165) is 11.3 Å². The highest BCUT2D eigenvalue weighted by Crippen LogP contribution is 2.25. The molecule has 0 N–H and O–H groups in total. The molecule has 0 amide bonds. The lowest BCUT2D eigenvalue weighted by atomic mass is 10.1. The summed E-state index contributed by atoms with van der Waals surface area (Å²) in [6.07, 6.45) is -1.27. The molecule has 0 aliphatic heterocycles. The van der Waals surface area contributed by atoms with Crippen LogP contribution in [-0.4, -0.2) is 24.1 Å². The van der Waals surface area contributed by atoms with Crippen LogP contribution in [0.15, 0.2) is 36.9 Å². The Morgan fingerprint density at radius 3 is 2.55 bits per heavy atom. The second-order valence-corrected chi connectivity index (χ2v) is 4.49. The van der Waals surface area contributed by atoms with Gasteiger partial charge in [-0.05, 0) is 24.3 Å². The van der Waals surface area contributed by atoms with Crippen LogP contribution in [0.1, 0.15) is 17.9 Å². The Balaban J connectivity index is 2.53. The Morgan fingerprint density at radius 2 is 1.95 bits per heavy atom. The summed E-state index contributed by atoms with van der Waals surface area (Å²) in [5, 5.41) is 0. The lowest BCUT2D eigenvalue weighted by Gasteiger charge is -2.13. The summed E-state index contributed by atoms with van der Waals surface area (Å²) in [5.74, 6) is -0.479. The van der Waals surface area contributed by atoms with E-state index in [9.17, 15) is 8.78 Å². The van der Waals surface area contributed by atoms with Crippen LogP contribution in [0.25, 0.3) is 17.3 Å². The van der Waals surface area contributed by atoms with Crippen molar-refractivity contribution in [2.45, 2.75) is 6.43 Å². The van der Waals surface area contributed by atoms with Crippen LogP contribution in [-0.2, 0) is 0 Å². The fourth-order valence-corrected chi connectivity index (χ4v) is 1.78. The maximum atomic E-state index is 12.8. The lowest BCUT2D eigenvalue weighted by molar-refractivity contribution is 0.140. The SMILES string of the molecule is C=Cc1cc(-c2cccc(N(C)C)c2)nc(C(F)F)n1. The molecule has 104 valence electrons. The normalized spacial score (nSPS) is 10.7. The van der Waals surface area contributed by atoms with Crippen LogP contribution >= 0.6 is 0 Å². The van der Waals surface area contributed by atoms with Crippen LogP contribution in [0, 0.1) is 0 Å². The highest BCUT2D eigenvalue weighted by atomic mass is 19.3. The third-order valence-corrected chi connectivity index (χ3v) is 2.83. The van der Waals surface area contributed by atoms with E-state index in [1.165, 1.54) is 6.08 Å². The second-order valence-electron chi connectivity index (χ2n) is 4.49. The summed E-state index contributed by atoms with van der Waals surface area (Å²) in [4.78, 5) is 9.61. The first-order chi connectivity index (χ1) is 9.51. The van der Waals surface area contributed by atoms with Gasteiger partial charge in [-0.3, -0.25) is 0 Å². The van der Waals surface area contributed by atoms with Gasteiger partial charge in [-0.2, -0.15) is 0 Å². The number of halogens is 2. The van der Waals surface area contributed by atoms with Crippen molar-refractivity contribution < 1.29 is 8.78 Å². The summed E-state index contributed by atoms with van der Waals surface area (Å²) in [7, 11) is 3.83. The van der Waals surface area contributed by atoms with E-state index >= 15 is 0 Å². The van der Waals surface area contributed by atoms with Gasteiger partial charge < -0.3 is 4.90 Å². The van der Waals surface area contributed by atoms with Crippen molar-refractivity contribution in [2.75, 3.05) is 19.0 Å². The van der Waals surface area contributed by atoms with Crippen molar-refractivity contribution in [1.29, 1.82) is 0 Å². The maximum Gasteiger partial charge on any atom is 0.297 e. The zero-order chi connectivity index (χ0) is 14.7. The van der Waals surface area contributed by atoms with Gasteiger partial charge in [0.25, 0.3) is 6.43 Å². The monoisotopic (exact) mass is 275 g/mol. The summed E-state index contributed by atoms with van der Waals surface area (Å²) in [6.45, 7) is 3.57. The average Bonchev–Trinajstić information content (AvgIpc) is 2.46. The Bertz CT molecular complexity index is 624. The zero-order valence-electron chi connectivity index (χ0n) is 11.3. The van der Waals surface area contributed by atoms with E-state index in [-0.39, 0.29) is 0 Å². The number of hydrogen-bond donors (Lipinski definition) is 0. The van der Waals surface area contributed by atoms with Crippen molar-refractivity contribution in [2.24, 2.45) is 0 Å². The Labute approximate surface area is 116 Å². The molecule has 3 nitrogen and oxygen atoms in total. The molecular weight excluding hydrogens is 260 g/mol. The highest BCUT2D eigenvalue weighted by molar-refractivity contribution is 5.67. The van der Waals surface area contributed by atoms with Gasteiger partial charge in [0, 0.05) is 25.3 Å². The van der Waals surface area contributed by atoms with Crippen molar-refractivity contribution in [3.63, 3.8) is 0 Å². The van der Waals surface area contributed by atoms with Gasteiger partial charge in [0.15, 0.2) is 5.82 Å². The molecule has 5 heteroatoms. The van der Waals surface area contributed by atoms with Gasteiger partial charge in [-0.15, -0.1) is 0 Å². The molecular formula is C15H15F2N3. The second kappa shape index (κ2) is 5.77. The largest absolute Gasteiger partial charge is 0.378 e. The predicted octanol–water partition coefficient (Wildman–Crippen LogP) is 3.79. The van der Waals surface area contributed by atoms with Crippen LogP contribution in [0.5, 0.6) is 0 Å². The summed E-state index contributed by atoms with van der Waals surface area (Å²) in [6, 6.07) is 9.17. The number of rotatable bonds is 4. The van der Waals surface area contributed by atoms with E-state index in [4.69, 9.17) is 0 Å². The summed E-state index contributed by atoms with van der Waals surface area (Å²) in [5.41, 5.74) is 2.60. The number of benzene rings is 1. The van der Waals surface area contributed by atoms with E-state index < -0.39 is 12.2 Å². The molecule has 0 aliphatic carbocycles. The topological polar surface area (TPSA) is 29.0 Å². The van der Waals surface area contributed by atoms with Crippen LogP contribution < -0.4 is 4.90 Å².